The van der Waals surface area contributed by atoms with Gasteiger partial charge in [0.05, 0.1) is 0 Å². The van der Waals surface area contributed by atoms with Crippen LogP contribution in [0.1, 0.15) is 13.3 Å². The predicted octanol–water partition coefficient (Wildman–Crippen LogP) is 3.12. The first-order valence-electron chi connectivity index (χ1n) is 8.04. The van der Waals surface area contributed by atoms with Crippen LogP contribution >= 0.6 is 11.6 Å². The molecule has 2 heterocycles. The van der Waals surface area contributed by atoms with E-state index in [1.54, 1.807) is 12.1 Å². The van der Waals surface area contributed by atoms with Gasteiger partial charge < -0.3 is 14.5 Å². The molecule has 0 spiro atoms. The van der Waals surface area contributed by atoms with Crippen molar-refractivity contribution in [3.05, 3.63) is 41.4 Å². The van der Waals surface area contributed by atoms with Gasteiger partial charge in [-0.1, -0.05) is 18.5 Å². The number of carbonyl (C=O) groups is 1. The Morgan fingerprint density at radius 3 is 2.68 bits per heavy atom. The number of piperazine rings is 1. The number of hydrogen-bond acceptors (Lipinski definition) is 5. The van der Waals surface area contributed by atoms with Gasteiger partial charge in [0, 0.05) is 43.7 Å². The molecule has 1 aromatic heterocycles. The molecule has 0 aliphatic carbocycles. The van der Waals surface area contributed by atoms with Crippen LogP contribution in [0.15, 0.2) is 30.6 Å². The summed E-state index contributed by atoms with van der Waals surface area (Å²) in [5.74, 6) is 0.581. The van der Waals surface area contributed by atoms with Gasteiger partial charge in [-0.2, -0.15) is 0 Å². The number of ether oxygens (including phenoxy) is 1. The number of carbonyl (C=O) groups excluding carboxylic acids is 1. The van der Waals surface area contributed by atoms with Gasteiger partial charge in [0.2, 0.25) is 11.8 Å². The van der Waals surface area contributed by atoms with Gasteiger partial charge in [0.15, 0.2) is 11.6 Å². The molecule has 1 saturated heterocycles. The number of nitrogens with zero attached hydrogens (tertiary/aromatic N) is 4. The highest BCUT2D eigenvalue weighted by Crippen LogP contribution is 2.27. The van der Waals surface area contributed by atoms with Crippen molar-refractivity contribution in [2.45, 2.75) is 13.3 Å². The van der Waals surface area contributed by atoms with Crippen molar-refractivity contribution in [2.75, 3.05) is 31.1 Å². The molecule has 0 N–H and O–H groups in total. The normalized spacial score (nSPS) is 14.5. The summed E-state index contributed by atoms with van der Waals surface area (Å²) in [4.78, 5) is 23.9. The number of rotatable bonds is 4. The van der Waals surface area contributed by atoms with Gasteiger partial charge in [-0.25, -0.2) is 14.4 Å². The standard InChI is InChI=1S/C17H18ClFN4O2/c1-2-17(24)23-7-5-22(6-8-23)15-10-16(21-11-20-15)25-14-4-3-12(18)9-13(14)19/h3-4,9-11H,2,5-8H2,1H3. The third kappa shape index (κ3) is 4.17. The Hall–Kier alpha value is -2.41. The minimum Gasteiger partial charge on any atom is -0.436 e. The van der Waals surface area contributed by atoms with E-state index in [1.807, 2.05) is 16.7 Å². The van der Waals surface area contributed by atoms with Crippen LogP contribution in [-0.4, -0.2) is 47.0 Å². The molecule has 132 valence electrons. The fourth-order valence-corrected chi connectivity index (χ4v) is 2.80. The zero-order chi connectivity index (χ0) is 17.8. The Balaban J connectivity index is 1.69. The SMILES string of the molecule is CCC(=O)N1CCN(c2cc(Oc3ccc(Cl)cc3F)ncn2)CC1. The number of amides is 1. The molecule has 0 radical (unpaired) electrons. The molecule has 1 aromatic carbocycles. The largest absolute Gasteiger partial charge is 0.436 e. The third-order valence-corrected chi connectivity index (χ3v) is 4.23. The predicted molar refractivity (Wildman–Crippen MR) is 92.6 cm³/mol. The fourth-order valence-electron chi connectivity index (χ4n) is 2.64. The van der Waals surface area contributed by atoms with E-state index in [9.17, 15) is 9.18 Å². The lowest BCUT2D eigenvalue weighted by Gasteiger charge is -2.35. The minimum absolute atomic E-state index is 0.0485. The summed E-state index contributed by atoms with van der Waals surface area (Å²) in [5, 5.41) is 0.299. The zero-order valence-corrected chi connectivity index (χ0v) is 14.5. The molecular formula is C17H18ClFN4O2. The molecule has 0 unspecified atom stereocenters. The van der Waals surface area contributed by atoms with Crippen molar-refractivity contribution in [1.29, 1.82) is 0 Å². The molecule has 25 heavy (non-hydrogen) atoms. The van der Waals surface area contributed by atoms with Crippen molar-refractivity contribution in [2.24, 2.45) is 0 Å². The maximum atomic E-state index is 13.8. The van der Waals surface area contributed by atoms with Crippen LogP contribution in [0.5, 0.6) is 11.6 Å². The second kappa shape index (κ2) is 7.65. The van der Waals surface area contributed by atoms with Crippen LogP contribution in [0, 0.1) is 5.82 Å². The number of hydrogen-bond donors (Lipinski definition) is 0. The van der Waals surface area contributed by atoms with Crippen LogP contribution in [-0.2, 0) is 4.79 Å². The van der Waals surface area contributed by atoms with Crippen LogP contribution < -0.4 is 9.64 Å². The van der Waals surface area contributed by atoms with E-state index in [0.29, 0.717) is 43.4 Å². The van der Waals surface area contributed by atoms with Crippen molar-refractivity contribution in [1.82, 2.24) is 14.9 Å². The Labute approximate surface area is 150 Å². The summed E-state index contributed by atoms with van der Waals surface area (Å²) < 4.78 is 19.3. The number of aromatic nitrogens is 2. The van der Waals surface area contributed by atoms with E-state index in [1.165, 1.54) is 18.5 Å². The Bertz CT molecular complexity index is 766. The maximum Gasteiger partial charge on any atom is 0.224 e. The van der Waals surface area contributed by atoms with Crippen LogP contribution in [0.2, 0.25) is 5.02 Å². The number of benzene rings is 1. The minimum atomic E-state index is -0.556. The Morgan fingerprint density at radius 2 is 2.00 bits per heavy atom. The molecule has 0 bridgehead atoms. The van der Waals surface area contributed by atoms with Crippen molar-refractivity contribution < 1.29 is 13.9 Å². The van der Waals surface area contributed by atoms with E-state index in [2.05, 4.69) is 9.97 Å². The quantitative estimate of drug-likeness (QED) is 0.834. The summed E-state index contributed by atoms with van der Waals surface area (Å²) in [6.07, 6.45) is 1.89. The van der Waals surface area contributed by atoms with Crippen LogP contribution in [0.4, 0.5) is 10.2 Å². The lowest BCUT2D eigenvalue weighted by molar-refractivity contribution is -0.131. The van der Waals surface area contributed by atoms with Gasteiger partial charge in [-0.3, -0.25) is 4.79 Å². The summed E-state index contributed by atoms with van der Waals surface area (Å²) >= 11 is 5.74. The van der Waals surface area contributed by atoms with Gasteiger partial charge in [-0.05, 0) is 18.2 Å². The zero-order valence-electron chi connectivity index (χ0n) is 13.8. The van der Waals surface area contributed by atoms with Gasteiger partial charge in [0.25, 0.3) is 0 Å². The molecule has 1 amide bonds. The van der Waals surface area contributed by atoms with E-state index in [0.717, 1.165) is 0 Å². The van der Waals surface area contributed by atoms with Crippen LogP contribution in [0.25, 0.3) is 0 Å². The monoisotopic (exact) mass is 364 g/mol. The molecule has 1 aliphatic heterocycles. The number of anilines is 1. The summed E-state index contributed by atoms with van der Waals surface area (Å²) in [6.45, 7) is 4.52. The smallest absolute Gasteiger partial charge is 0.224 e. The molecule has 0 atom stereocenters. The average Bonchev–Trinajstić information content (AvgIpc) is 2.64. The van der Waals surface area contributed by atoms with E-state index >= 15 is 0 Å². The van der Waals surface area contributed by atoms with Gasteiger partial charge in [0.1, 0.15) is 12.1 Å². The molecule has 2 aromatic rings. The molecule has 1 fully saturated rings. The maximum absolute atomic E-state index is 13.8. The van der Waals surface area contributed by atoms with E-state index in [-0.39, 0.29) is 17.5 Å². The summed E-state index contributed by atoms with van der Waals surface area (Å²) in [6, 6.07) is 5.84. The van der Waals surface area contributed by atoms with Crippen molar-refractivity contribution in [3.63, 3.8) is 0 Å². The lowest BCUT2D eigenvalue weighted by atomic mass is 10.3. The molecule has 0 saturated carbocycles. The molecule has 1 aliphatic rings. The van der Waals surface area contributed by atoms with Crippen molar-refractivity contribution in [3.8, 4) is 11.6 Å². The molecule has 8 heteroatoms. The first kappa shape index (κ1) is 17.4. The highest BCUT2D eigenvalue weighted by Gasteiger charge is 2.21. The average molecular weight is 365 g/mol. The van der Waals surface area contributed by atoms with E-state index in [4.69, 9.17) is 16.3 Å². The molecule has 3 rings (SSSR count). The number of halogens is 2. The highest BCUT2D eigenvalue weighted by molar-refractivity contribution is 6.30. The first-order chi connectivity index (χ1) is 12.1. The third-order valence-electron chi connectivity index (χ3n) is 3.99. The summed E-state index contributed by atoms with van der Waals surface area (Å²) in [5.41, 5.74) is 0. The Kier molecular flexibility index (Phi) is 5.33. The van der Waals surface area contributed by atoms with Crippen LogP contribution in [0.3, 0.4) is 0 Å². The van der Waals surface area contributed by atoms with Gasteiger partial charge in [-0.15, -0.1) is 0 Å². The van der Waals surface area contributed by atoms with E-state index < -0.39 is 5.82 Å². The first-order valence-corrected chi connectivity index (χ1v) is 8.42. The highest BCUT2D eigenvalue weighted by atomic mass is 35.5. The second-order valence-electron chi connectivity index (χ2n) is 5.61. The molecule has 6 nitrogen and oxygen atoms in total. The van der Waals surface area contributed by atoms with Crippen molar-refractivity contribution >= 4 is 23.3 Å². The molecular weight excluding hydrogens is 347 g/mol. The van der Waals surface area contributed by atoms with Gasteiger partial charge >= 0.3 is 0 Å². The lowest BCUT2D eigenvalue weighted by Crippen LogP contribution is -2.48. The Morgan fingerprint density at radius 1 is 1.24 bits per heavy atom. The second-order valence-corrected chi connectivity index (χ2v) is 6.05. The fraction of sp³-hybridized carbons (Fsp3) is 0.353. The topological polar surface area (TPSA) is 58.6 Å². The summed E-state index contributed by atoms with van der Waals surface area (Å²) in [7, 11) is 0.